The fourth-order valence-electron chi connectivity index (χ4n) is 0. The zero-order valence-electron chi connectivity index (χ0n) is 3.17. The first-order valence-corrected chi connectivity index (χ1v) is 2.68. The van der Waals surface area contributed by atoms with Gasteiger partial charge in [-0.25, -0.2) is 0 Å². The molecule has 0 aromatic carbocycles. The largest absolute Gasteiger partial charge is 0.668 e. The molecule has 0 heterocycles. The van der Waals surface area contributed by atoms with Crippen LogP contribution in [0.5, 0.6) is 0 Å². The molecule has 47 valence electrons. The van der Waals surface area contributed by atoms with E-state index in [0.717, 1.165) is 0 Å². The second kappa shape index (κ2) is 4.69. The molecule has 1 radical (unpaired) electrons. The van der Waals surface area contributed by atoms with Crippen LogP contribution in [0.4, 0.5) is 0 Å². The zero-order chi connectivity index (χ0) is 4.50. The third-order valence-corrected chi connectivity index (χ3v) is 0. The van der Waals surface area contributed by atoms with Gasteiger partial charge in [-0.3, -0.25) is 0 Å². The van der Waals surface area contributed by atoms with E-state index in [0.29, 0.717) is 0 Å². The van der Waals surface area contributed by atoms with Gasteiger partial charge in [0, 0.05) is 17.1 Å². The Bertz CT molecular complexity index is 23.6. The summed E-state index contributed by atoms with van der Waals surface area (Å²) in [5.74, 6) is 0. The molecule has 5 nitrogen and oxygen atoms in total. The van der Waals surface area contributed by atoms with Gasteiger partial charge in [0.15, 0.2) is 0 Å². The molecule has 7 heavy (non-hydrogen) atoms. The summed E-state index contributed by atoms with van der Waals surface area (Å²) in [5, 5.41) is 0. The van der Waals surface area contributed by atoms with Crippen LogP contribution in [0.3, 0.4) is 0 Å². The van der Waals surface area contributed by atoms with E-state index < -0.39 is 9.05 Å². The maximum Gasteiger partial charge on any atom is 0.668 e. The number of hydrogen-bond donors (Lipinski definition) is 4. The third kappa shape index (κ3) is 468. The Morgan fingerprint density at radius 3 is 0.857 bits per heavy atom. The topological polar surface area (TPSA) is 112 Å². The Morgan fingerprint density at radius 2 is 0.857 bits per heavy atom. The second-order valence-electron chi connectivity index (χ2n) is 0.600. The predicted octanol–water partition coefficient (Wildman–Crippen LogP) is -3.44. The Kier molecular flexibility index (Phi) is 10.5. The monoisotopic (exact) mass is 169 g/mol. The molecule has 0 aliphatic heterocycles. The second-order valence-corrected chi connectivity index (χ2v) is 1.80. The van der Waals surface area contributed by atoms with Crippen molar-refractivity contribution >= 4 is 9.05 Å². The fourth-order valence-corrected chi connectivity index (χ4v) is 0. The third-order valence-electron chi connectivity index (χ3n) is 0. The van der Waals surface area contributed by atoms with E-state index in [1.807, 2.05) is 0 Å². The molecular weight excluding hydrogens is 163 g/mol. The van der Waals surface area contributed by atoms with Crippen molar-refractivity contribution in [3.8, 4) is 0 Å². The molecule has 0 amide bonds. The Labute approximate surface area is 51.5 Å². The number of rotatable bonds is 0. The van der Waals surface area contributed by atoms with Crippen LogP contribution in [-0.4, -0.2) is 33.7 Å². The molecule has 0 aliphatic rings. The molecule has 0 aliphatic carbocycles. The summed E-state index contributed by atoms with van der Waals surface area (Å²) in [6.07, 6.45) is 0. The molecular formula is H6MnO5Si. The molecule has 0 rings (SSSR count). The maximum atomic E-state index is 7.33. The first kappa shape index (κ1) is 15.6. The van der Waals surface area contributed by atoms with Crippen LogP contribution < -0.4 is 0 Å². The van der Waals surface area contributed by atoms with Crippen molar-refractivity contribution in [3.05, 3.63) is 0 Å². The van der Waals surface area contributed by atoms with E-state index in [2.05, 4.69) is 0 Å². The van der Waals surface area contributed by atoms with E-state index in [1.54, 1.807) is 0 Å². The minimum atomic E-state index is -4.61. The number of hydrogen-bond acceptors (Lipinski definition) is 4. The SMILES string of the molecule is O.O[Si](O)(O)O.[Mn]. The van der Waals surface area contributed by atoms with Gasteiger partial charge < -0.3 is 24.7 Å². The van der Waals surface area contributed by atoms with Gasteiger partial charge in [-0.15, -0.1) is 0 Å². The molecule has 0 aromatic heterocycles. The molecule has 6 N–H and O–H groups in total. The standard InChI is InChI=1S/Mn.H4O4Si.H2O/c;1-5(2,3)4;/h;1-4H;1H2. The summed E-state index contributed by atoms with van der Waals surface area (Å²) in [6.45, 7) is 0. The normalized spacial score (nSPS) is 8.57. The van der Waals surface area contributed by atoms with Gasteiger partial charge in [0.25, 0.3) is 0 Å². The average Bonchev–Trinajstić information content (AvgIpc) is 0.722. The summed E-state index contributed by atoms with van der Waals surface area (Å²) in [4.78, 5) is 29.3. The molecule has 0 saturated carbocycles. The molecule has 7 heteroatoms. The molecule has 0 atom stereocenters. The van der Waals surface area contributed by atoms with Crippen LogP contribution in [0.2, 0.25) is 0 Å². The molecule has 0 unspecified atom stereocenters. The molecule has 0 aromatic rings. The van der Waals surface area contributed by atoms with Crippen molar-refractivity contribution < 1.29 is 41.7 Å². The van der Waals surface area contributed by atoms with Crippen LogP contribution in [0.25, 0.3) is 0 Å². The smallest absolute Gasteiger partial charge is 0.412 e. The first-order valence-electron chi connectivity index (χ1n) is 0.894. The minimum Gasteiger partial charge on any atom is -0.412 e. The van der Waals surface area contributed by atoms with Gasteiger partial charge in [0.1, 0.15) is 0 Å². The van der Waals surface area contributed by atoms with Crippen molar-refractivity contribution in [3.63, 3.8) is 0 Å². The van der Waals surface area contributed by atoms with Gasteiger partial charge in [-0.2, -0.15) is 0 Å². The van der Waals surface area contributed by atoms with Gasteiger partial charge in [0.2, 0.25) is 0 Å². The predicted molar refractivity (Wildman–Crippen MR) is 18.2 cm³/mol. The summed E-state index contributed by atoms with van der Waals surface area (Å²) < 4.78 is 0. The minimum absolute atomic E-state index is 0. The summed E-state index contributed by atoms with van der Waals surface area (Å²) in [6, 6.07) is 0. The van der Waals surface area contributed by atoms with Crippen LogP contribution in [0, 0.1) is 0 Å². The van der Waals surface area contributed by atoms with Crippen LogP contribution in [0.1, 0.15) is 0 Å². The van der Waals surface area contributed by atoms with Gasteiger partial charge in [0.05, 0.1) is 0 Å². The van der Waals surface area contributed by atoms with Gasteiger partial charge in [-0.1, -0.05) is 0 Å². The Morgan fingerprint density at radius 1 is 0.857 bits per heavy atom. The zero-order valence-corrected chi connectivity index (χ0v) is 5.35. The van der Waals surface area contributed by atoms with E-state index in [-0.39, 0.29) is 22.5 Å². The van der Waals surface area contributed by atoms with Crippen molar-refractivity contribution in [1.82, 2.24) is 0 Å². The molecule has 0 bridgehead atoms. The van der Waals surface area contributed by atoms with Crippen LogP contribution in [-0.2, 0) is 17.1 Å². The summed E-state index contributed by atoms with van der Waals surface area (Å²) >= 11 is 0. The van der Waals surface area contributed by atoms with E-state index in [4.69, 9.17) is 19.2 Å². The van der Waals surface area contributed by atoms with Crippen molar-refractivity contribution in [2.75, 3.05) is 0 Å². The summed E-state index contributed by atoms with van der Waals surface area (Å²) in [7, 11) is -4.61. The van der Waals surface area contributed by atoms with Crippen LogP contribution >= 0.6 is 0 Å². The van der Waals surface area contributed by atoms with E-state index in [1.165, 1.54) is 0 Å². The van der Waals surface area contributed by atoms with Gasteiger partial charge in [-0.05, 0) is 0 Å². The molecule has 0 saturated heterocycles. The Hall–Kier alpha value is 0.536. The van der Waals surface area contributed by atoms with Gasteiger partial charge >= 0.3 is 9.05 Å². The molecule has 0 fully saturated rings. The Balaban J connectivity index is -0.0000000800. The fraction of sp³-hybridized carbons (Fsp3) is 0. The van der Waals surface area contributed by atoms with Crippen LogP contribution in [0.15, 0.2) is 0 Å². The van der Waals surface area contributed by atoms with E-state index >= 15 is 0 Å². The first-order chi connectivity index (χ1) is 2.00. The van der Waals surface area contributed by atoms with E-state index in [9.17, 15) is 0 Å². The summed E-state index contributed by atoms with van der Waals surface area (Å²) in [5.41, 5.74) is 0. The van der Waals surface area contributed by atoms with Crippen molar-refractivity contribution in [2.24, 2.45) is 0 Å². The maximum absolute atomic E-state index is 7.33. The molecule has 0 spiro atoms. The average molecular weight is 169 g/mol. The quantitative estimate of drug-likeness (QED) is 0.282. The van der Waals surface area contributed by atoms with Crippen molar-refractivity contribution in [2.45, 2.75) is 0 Å². The van der Waals surface area contributed by atoms with Crippen molar-refractivity contribution in [1.29, 1.82) is 0 Å².